The average Bonchev–Trinajstić information content (AvgIpc) is 3.44. The number of nitrogens with zero attached hydrogens (tertiary/aromatic N) is 4. The van der Waals surface area contributed by atoms with Crippen LogP contribution in [0.3, 0.4) is 0 Å². The van der Waals surface area contributed by atoms with Crippen LogP contribution in [0.15, 0.2) is 85.1 Å². The molecule has 43 heavy (non-hydrogen) atoms. The summed E-state index contributed by atoms with van der Waals surface area (Å²) in [6.45, 7) is 2.67. The highest BCUT2D eigenvalue weighted by Gasteiger charge is 2.48. The second-order valence-corrected chi connectivity index (χ2v) is 11.5. The van der Waals surface area contributed by atoms with Crippen molar-refractivity contribution in [2.24, 2.45) is 0 Å². The minimum Gasteiger partial charge on any atom is -0.345 e. The summed E-state index contributed by atoms with van der Waals surface area (Å²) in [6.07, 6.45) is 4.88. The molecule has 6 rings (SSSR count). The molecule has 1 saturated carbocycles. The Bertz CT molecular complexity index is 1620. The Labute approximate surface area is 251 Å². The Balaban J connectivity index is 1.09. The van der Waals surface area contributed by atoms with Crippen LogP contribution in [0.25, 0.3) is 0 Å². The Hall–Kier alpha value is -4.76. The van der Waals surface area contributed by atoms with E-state index in [1.165, 1.54) is 11.3 Å². The van der Waals surface area contributed by atoms with E-state index >= 15 is 0 Å². The van der Waals surface area contributed by atoms with Crippen LogP contribution < -0.4 is 10.6 Å². The van der Waals surface area contributed by atoms with Gasteiger partial charge in [0.05, 0.1) is 29.7 Å². The Morgan fingerprint density at radius 3 is 2.28 bits per heavy atom. The van der Waals surface area contributed by atoms with Crippen molar-refractivity contribution in [3.05, 3.63) is 119 Å². The largest absolute Gasteiger partial charge is 0.345 e. The third-order valence-corrected chi connectivity index (χ3v) is 8.60. The van der Waals surface area contributed by atoms with E-state index in [0.29, 0.717) is 28.2 Å². The number of pyridine rings is 1. The van der Waals surface area contributed by atoms with Gasteiger partial charge in [0.25, 0.3) is 17.7 Å². The van der Waals surface area contributed by atoms with E-state index in [1.54, 1.807) is 49.5 Å². The number of hydrogen-bond acceptors (Lipinski definition) is 5. The van der Waals surface area contributed by atoms with Gasteiger partial charge in [-0.15, -0.1) is 0 Å². The second-order valence-electron chi connectivity index (χ2n) is 11.5. The zero-order valence-corrected chi connectivity index (χ0v) is 24.5. The summed E-state index contributed by atoms with van der Waals surface area (Å²) in [5, 5.41) is 5.86. The van der Waals surface area contributed by atoms with Gasteiger partial charge < -0.3 is 20.1 Å². The number of carbonyl (C=O) groups excluding carboxylic acids is 3. The van der Waals surface area contributed by atoms with E-state index in [4.69, 9.17) is 0 Å². The molecule has 0 bridgehead atoms. The van der Waals surface area contributed by atoms with Gasteiger partial charge in [-0.2, -0.15) is 0 Å². The second kappa shape index (κ2) is 11.9. The van der Waals surface area contributed by atoms with Crippen LogP contribution in [0.4, 0.5) is 5.69 Å². The molecule has 0 atom stereocenters. The van der Waals surface area contributed by atoms with E-state index in [0.717, 1.165) is 38.9 Å². The molecule has 2 aromatic carbocycles. The minimum atomic E-state index is -0.196. The minimum absolute atomic E-state index is 0.00347. The molecule has 0 radical (unpaired) electrons. The van der Waals surface area contributed by atoms with Crippen LogP contribution in [0, 0.1) is 0 Å². The summed E-state index contributed by atoms with van der Waals surface area (Å²) >= 11 is 0. The highest BCUT2D eigenvalue weighted by Crippen LogP contribution is 2.49. The van der Waals surface area contributed by atoms with Gasteiger partial charge in [0.15, 0.2) is 0 Å². The summed E-state index contributed by atoms with van der Waals surface area (Å²) in [4.78, 5) is 46.5. The van der Waals surface area contributed by atoms with Crippen LogP contribution in [0.1, 0.15) is 67.4 Å². The topological polar surface area (TPSA) is 99.6 Å². The molecule has 2 N–H and O–H groups in total. The highest BCUT2D eigenvalue weighted by atomic mass is 16.2. The van der Waals surface area contributed by atoms with Gasteiger partial charge in [0.1, 0.15) is 5.69 Å². The van der Waals surface area contributed by atoms with Crippen LogP contribution in [0.5, 0.6) is 0 Å². The van der Waals surface area contributed by atoms with Gasteiger partial charge in [-0.25, -0.2) is 0 Å². The SMILES string of the molecule is CN(C)C(=O)c1ccc(CN2CCn3c(C(=O)NCc4ccc(NC(=O)c5ccccc5)cn4)ccc3C23CCC3)cc1. The van der Waals surface area contributed by atoms with Crippen LogP contribution >= 0.6 is 0 Å². The average molecular weight is 577 g/mol. The third kappa shape index (κ3) is 5.68. The molecule has 9 heteroatoms. The van der Waals surface area contributed by atoms with Crippen molar-refractivity contribution in [1.29, 1.82) is 0 Å². The molecule has 0 saturated heterocycles. The third-order valence-electron chi connectivity index (χ3n) is 8.60. The van der Waals surface area contributed by atoms with E-state index in [9.17, 15) is 14.4 Å². The molecule has 4 aromatic rings. The lowest BCUT2D eigenvalue weighted by Gasteiger charge is -2.53. The van der Waals surface area contributed by atoms with Gasteiger partial charge in [-0.05, 0) is 73.4 Å². The quantitative estimate of drug-likeness (QED) is 0.318. The number of nitrogens with one attached hydrogen (secondary N) is 2. The molecule has 1 fully saturated rings. The first kappa shape index (κ1) is 28.4. The lowest BCUT2D eigenvalue weighted by atomic mass is 9.71. The number of amides is 3. The number of fused-ring (bicyclic) bond motifs is 2. The van der Waals surface area contributed by atoms with Crippen LogP contribution in [-0.2, 0) is 25.2 Å². The maximum Gasteiger partial charge on any atom is 0.268 e. The molecule has 0 unspecified atom stereocenters. The van der Waals surface area contributed by atoms with Crippen molar-refractivity contribution in [1.82, 2.24) is 24.7 Å². The van der Waals surface area contributed by atoms with Crippen LogP contribution in [-0.4, -0.2) is 57.7 Å². The lowest BCUT2D eigenvalue weighted by Crippen LogP contribution is -2.56. The molecule has 3 heterocycles. The smallest absolute Gasteiger partial charge is 0.268 e. The summed E-state index contributed by atoms with van der Waals surface area (Å²) in [6, 6.07) is 24.6. The predicted molar refractivity (Wildman–Crippen MR) is 165 cm³/mol. The van der Waals surface area contributed by atoms with Crippen molar-refractivity contribution >= 4 is 23.4 Å². The van der Waals surface area contributed by atoms with E-state index in [2.05, 4.69) is 31.2 Å². The van der Waals surface area contributed by atoms with Crippen molar-refractivity contribution in [2.75, 3.05) is 26.0 Å². The fourth-order valence-electron chi connectivity index (χ4n) is 6.11. The van der Waals surface area contributed by atoms with E-state index < -0.39 is 0 Å². The molecule has 1 spiro atoms. The number of hydrogen-bond donors (Lipinski definition) is 2. The van der Waals surface area contributed by atoms with Crippen molar-refractivity contribution in [2.45, 2.75) is 44.4 Å². The summed E-state index contributed by atoms with van der Waals surface area (Å²) < 4.78 is 2.18. The van der Waals surface area contributed by atoms with Crippen molar-refractivity contribution in [3.63, 3.8) is 0 Å². The number of aromatic nitrogens is 2. The molecule has 1 aliphatic carbocycles. The molecule has 1 aliphatic heterocycles. The Kier molecular flexibility index (Phi) is 7.82. The maximum atomic E-state index is 13.3. The zero-order valence-electron chi connectivity index (χ0n) is 24.5. The first-order valence-corrected chi connectivity index (χ1v) is 14.7. The maximum absolute atomic E-state index is 13.3. The Morgan fingerprint density at radius 1 is 0.860 bits per heavy atom. The fraction of sp³-hybridized carbons (Fsp3) is 0.294. The molecule has 2 aromatic heterocycles. The normalized spacial score (nSPS) is 15.3. The fourth-order valence-corrected chi connectivity index (χ4v) is 6.11. The molecule has 9 nitrogen and oxygen atoms in total. The van der Waals surface area contributed by atoms with Gasteiger partial charge in [-0.3, -0.25) is 24.3 Å². The summed E-state index contributed by atoms with van der Waals surface area (Å²) in [5.74, 6) is -0.319. The highest BCUT2D eigenvalue weighted by molar-refractivity contribution is 6.04. The molecule has 3 amide bonds. The molecule has 220 valence electrons. The van der Waals surface area contributed by atoms with E-state index in [1.807, 2.05) is 48.5 Å². The van der Waals surface area contributed by atoms with Gasteiger partial charge in [-0.1, -0.05) is 30.3 Å². The molecular formula is C34H36N6O3. The van der Waals surface area contributed by atoms with Crippen molar-refractivity contribution in [3.8, 4) is 0 Å². The van der Waals surface area contributed by atoms with Gasteiger partial charge in [0.2, 0.25) is 0 Å². The van der Waals surface area contributed by atoms with Crippen molar-refractivity contribution < 1.29 is 14.4 Å². The zero-order chi connectivity index (χ0) is 30.0. The molecular weight excluding hydrogens is 540 g/mol. The Morgan fingerprint density at radius 2 is 1.63 bits per heavy atom. The number of rotatable bonds is 8. The van der Waals surface area contributed by atoms with E-state index in [-0.39, 0.29) is 29.8 Å². The monoisotopic (exact) mass is 576 g/mol. The lowest BCUT2D eigenvalue weighted by molar-refractivity contribution is -0.0217. The van der Waals surface area contributed by atoms with Gasteiger partial charge >= 0.3 is 0 Å². The first-order valence-electron chi connectivity index (χ1n) is 14.7. The summed E-state index contributed by atoms with van der Waals surface area (Å²) in [5.41, 5.74) is 5.54. The van der Waals surface area contributed by atoms with Gasteiger partial charge in [0, 0.05) is 50.6 Å². The molecule has 2 aliphatic rings. The summed E-state index contributed by atoms with van der Waals surface area (Å²) in [7, 11) is 3.52. The standard InChI is InChI=1S/C34H36N6O3/c1-38(2)33(43)26-11-9-24(10-12-26)23-39-19-20-40-29(15-16-30(40)34(39)17-6-18-34)32(42)36-21-27-13-14-28(22-35-27)37-31(41)25-7-4-3-5-8-25/h3-5,7-16,22H,6,17-21,23H2,1-2H3,(H,36,42)(H,37,41). The number of anilines is 1. The predicted octanol–water partition coefficient (Wildman–Crippen LogP) is 4.66. The number of carbonyl (C=O) groups is 3. The first-order chi connectivity index (χ1) is 20.8. The number of benzene rings is 2. The van der Waals surface area contributed by atoms with Crippen LogP contribution in [0.2, 0.25) is 0 Å².